The molecule has 1 saturated heterocycles. The van der Waals surface area contributed by atoms with Crippen LogP contribution in [0.2, 0.25) is 5.02 Å². The van der Waals surface area contributed by atoms with E-state index in [1.807, 2.05) is 0 Å². The van der Waals surface area contributed by atoms with Crippen LogP contribution in [0.15, 0.2) is 47.4 Å². The summed E-state index contributed by atoms with van der Waals surface area (Å²) in [6.45, 7) is 0.0332. The molecule has 0 aromatic heterocycles. The predicted molar refractivity (Wildman–Crippen MR) is 119 cm³/mol. The van der Waals surface area contributed by atoms with E-state index in [1.54, 1.807) is 0 Å². The summed E-state index contributed by atoms with van der Waals surface area (Å²) in [6, 6.07) is 8.00. The Morgan fingerprint density at radius 3 is 2.41 bits per heavy atom. The minimum absolute atomic E-state index is 0.0371. The number of alkyl halides is 3. The number of benzene rings is 2. The van der Waals surface area contributed by atoms with Crippen LogP contribution < -0.4 is 10.6 Å². The van der Waals surface area contributed by atoms with Gasteiger partial charge in [-0.2, -0.15) is 17.5 Å². The third-order valence-corrected chi connectivity index (χ3v) is 7.44. The Bertz CT molecular complexity index is 1170. The topological polar surface area (TPSA) is 105 Å². The first-order valence-corrected chi connectivity index (χ1v) is 11.9. The summed E-state index contributed by atoms with van der Waals surface area (Å²) in [4.78, 5) is 24.0. The van der Waals surface area contributed by atoms with E-state index < -0.39 is 39.7 Å². The molecule has 1 fully saturated rings. The number of amides is 2. The molecule has 0 bridgehead atoms. The van der Waals surface area contributed by atoms with Crippen molar-refractivity contribution in [2.75, 3.05) is 30.8 Å². The highest BCUT2D eigenvalue weighted by Crippen LogP contribution is 2.34. The van der Waals surface area contributed by atoms with Crippen LogP contribution in [-0.4, -0.2) is 44.9 Å². The monoisotopic (exact) mass is 519 g/mol. The molecule has 2 amide bonds. The first-order chi connectivity index (χ1) is 15.9. The highest BCUT2D eigenvalue weighted by Gasteiger charge is 2.34. The van der Waals surface area contributed by atoms with Crippen LogP contribution >= 0.6 is 11.6 Å². The summed E-state index contributed by atoms with van der Waals surface area (Å²) in [5, 5.41) is 4.73. The Hall–Kier alpha value is -2.83. The number of anilines is 2. The van der Waals surface area contributed by atoms with Crippen LogP contribution in [0.1, 0.15) is 18.4 Å². The maximum atomic E-state index is 13.0. The smallest absolute Gasteiger partial charge is 0.416 e. The predicted octanol–water partition coefficient (Wildman–Crippen LogP) is 4.58. The molecule has 13 heteroatoms. The van der Waals surface area contributed by atoms with Gasteiger partial charge in [-0.15, -0.1) is 0 Å². The van der Waals surface area contributed by atoms with Gasteiger partial charge in [0.05, 0.1) is 34.2 Å². The minimum atomic E-state index is -4.61. The van der Waals surface area contributed by atoms with E-state index in [0.717, 1.165) is 22.5 Å². The normalized spacial score (nSPS) is 17.1. The van der Waals surface area contributed by atoms with Crippen molar-refractivity contribution >= 4 is 45.0 Å². The van der Waals surface area contributed by atoms with Crippen molar-refractivity contribution in [2.45, 2.75) is 23.9 Å². The molecule has 0 radical (unpaired) electrons. The number of halogens is 4. The Morgan fingerprint density at radius 2 is 1.79 bits per heavy atom. The average Bonchev–Trinajstić information content (AvgIpc) is 2.80. The van der Waals surface area contributed by atoms with Gasteiger partial charge in [-0.1, -0.05) is 11.6 Å². The lowest BCUT2D eigenvalue weighted by molar-refractivity contribution is -0.137. The molecule has 0 aliphatic carbocycles. The number of nitrogens with one attached hydrogen (secondary N) is 2. The Kier molecular flexibility index (Phi) is 7.74. The first kappa shape index (κ1) is 25.8. The number of ether oxygens (including phenoxy) is 1. The van der Waals surface area contributed by atoms with Crippen molar-refractivity contribution in [1.82, 2.24) is 4.31 Å². The molecule has 184 valence electrons. The van der Waals surface area contributed by atoms with Gasteiger partial charge in [-0.3, -0.25) is 10.1 Å². The molecule has 34 heavy (non-hydrogen) atoms. The Labute approximate surface area is 199 Å². The summed E-state index contributed by atoms with van der Waals surface area (Å²) >= 11 is 5.94. The van der Waals surface area contributed by atoms with Crippen molar-refractivity contribution in [1.29, 1.82) is 0 Å². The first-order valence-electron chi connectivity index (χ1n) is 10.0. The van der Waals surface area contributed by atoms with Crippen molar-refractivity contribution in [3.63, 3.8) is 0 Å². The number of piperidine rings is 1. The van der Waals surface area contributed by atoms with E-state index in [2.05, 4.69) is 15.4 Å². The molecule has 2 aromatic rings. The maximum Gasteiger partial charge on any atom is 0.416 e. The molecule has 3 rings (SSSR count). The summed E-state index contributed by atoms with van der Waals surface area (Å²) in [5.41, 5.74) is -0.833. The van der Waals surface area contributed by atoms with Crippen LogP contribution in [-0.2, 0) is 25.7 Å². The number of sulfonamides is 1. The summed E-state index contributed by atoms with van der Waals surface area (Å²) in [6.07, 6.45) is -4.57. The van der Waals surface area contributed by atoms with Crippen LogP contribution in [0.4, 0.5) is 29.3 Å². The fraction of sp³-hybridized carbons (Fsp3) is 0.333. The second-order valence-corrected chi connectivity index (χ2v) is 9.87. The SMILES string of the molecule is COC(=O)Nc1ccc(S(=O)(=O)N2CCC[C@@H](C(=O)Nc3cc(C(F)(F)F)ccc3Cl)C2)cc1. The number of carbonyl (C=O) groups is 2. The fourth-order valence-electron chi connectivity index (χ4n) is 3.44. The van der Waals surface area contributed by atoms with Crippen molar-refractivity contribution in [2.24, 2.45) is 5.92 Å². The van der Waals surface area contributed by atoms with E-state index in [0.29, 0.717) is 18.5 Å². The van der Waals surface area contributed by atoms with Crippen LogP contribution in [0.5, 0.6) is 0 Å². The van der Waals surface area contributed by atoms with E-state index in [4.69, 9.17) is 11.6 Å². The number of rotatable bonds is 5. The number of hydrogen-bond acceptors (Lipinski definition) is 5. The number of nitrogens with zero attached hydrogens (tertiary/aromatic N) is 1. The molecule has 1 aliphatic rings. The maximum absolute atomic E-state index is 13.0. The lowest BCUT2D eigenvalue weighted by atomic mass is 9.98. The molecule has 0 saturated carbocycles. The molecular formula is C21H21ClF3N3O5S. The lowest BCUT2D eigenvalue weighted by Gasteiger charge is -2.31. The van der Waals surface area contributed by atoms with Crippen molar-refractivity contribution in [3.05, 3.63) is 53.1 Å². The van der Waals surface area contributed by atoms with Gasteiger partial charge < -0.3 is 10.1 Å². The van der Waals surface area contributed by atoms with E-state index in [1.165, 1.54) is 31.4 Å². The molecule has 1 aliphatic heterocycles. The quantitative estimate of drug-likeness (QED) is 0.602. The van der Waals surface area contributed by atoms with Gasteiger partial charge in [0.1, 0.15) is 0 Å². The van der Waals surface area contributed by atoms with Gasteiger partial charge in [0, 0.05) is 18.8 Å². The zero-order valence-corrected chi connectivity index (χ0v) is 19.4. The lowest BCUT2D eigenvalue weighted by Crippen LogP contribution is -2.43. The number of carbonyl (C=O) groups excluding carboxylic acids is 2. The van der Waals surface area contributed by atoms with E-state index in [9.17, 15) is 31.2 Å². The second-order valence-electron chi connectivity index (χ2n) is 7.52. The summed E-state index contributed by atoms with van der Waals surface area (Å²) in [5.74, 6) is -1.41. The van der Waals surface area contributed by atoms with Gasteiger partial charge >= 0.3 is 12.3 Å². The highest BCUT2D eigenvalue weighted by molar-refractivity contribution is 7.89. The van der Waals surface area contributed by atoms with E-state index >= 15 is 0 Å². The number of methoxy groups -OCH3 is 1. The molecule has 8 nitrogen and oxygen atoms in total. The van der Waals surface area contributed by atoms with Gasteiger partial charge in [-0.25, -0.2) is 13.2 Å². The highest BCUT2D eigenvalue weighted by atomic mass is 35.5. The third kappa shape index (κ3) is 5.99. The minimum Gasteiger partial charge on any atom is -0.453 e. The van der Waals surface area contributed by atoms with Crippen LogP contribution in [0.3, 0.4) is 0 Å². The van der Waals surface area contributed by atoms with Gasteiger partial charge in [0.2, 0.25) is 15.9 Å². The zero-order chi connectivity index (χ0) is 25.1. The summed E-state index contributed by atoms with van der Waals surface area (Å²) in [7, 11) is -2.76. The molecule has 2 aromatic carbocycles. The largest absolute Gasteiger partial charge is 0.453 e. The number of hydrogen-bond donors (Lipinski definition) is 2. The van der Waals surface area contributed by atoms with Crippen molar-refractivity contribution in [3.8, 4) is 0 Å². The van der Waals surface area contributed by atoms with Crippen molar-refractivity contribution < 1.29 is 35.9 Å². The zero-order valence-electron chi connectivity index (χ0n) is 17.9. The van der Waals surface area contributed by atoms with E-state index in [-0.39, 0.29) is 28.7 Å². The van der Waals surface area contributed by atoms with Crippen LogP contribution in [0, 0.1) is 5.92 Å². The fourth-order valence-corrected chi connectivity index (χ4v) is 5.12. The Balaban J connectivity index is 1.72. The van der Waals surface area contributed by atoms with Gasteiger partial charge in [0.25, 0.3) is 0 Å². The molecule has 1 heterocycles. The third-order valence-electron chi connectivity index (χ3n) is 5.23. The molecule has 0 spiro atoms. The van der Waals surface area contributed by atoms with Gasteiger partial charge in [-0.05, 0) is 55.3 Å². The van der Waals surface area contributed by atoms with Crippen LogP contribution in [0.25, 0.3) is 0 Å². The molecular weight excluding hydrogens is 499 g/mol. The summed E-state index contributed by atoms with van der Waals surface area (Å²) < 4.78 is 70.7. The standard InChI is InChI=1S/C21H21ClF3N3O5S/c1-33-20(30)26-15-5-7-16(8-6-15)34(31,32)28-10-2-3-13(12-28)19(29)27-18-11-14(21(23,24)25)4-9-17(18)22/h4-9,11,13H,2-3,10,12H2,1H3,(H,26,30)(H,27,29)/t13-/m1/s1. The molecule has 2 N–H and O–H groups in total. The average molecular weight is 520 g/mol. The molecule has 0 unspecified atom stereocenters. The molecule has 1 atom stereocenters. The van der Waals surface area contributed by atoms with Gasteiger partial charge in [0.15, 0.2) is 0 Å². The second kappa shape index (κ2) is 10.2. The Morgan fingerprint density at radius 1 is 1.12 bits per heavy atom.